The zero-order valence-electron chi connectivity index (χ0n) is 13.6. The fourth-order valence-electron chi connectivity index (χ4n) is 1.93. The molecule has 0 radical (unpaired) electrons. The minimum absolute atomic E-state index is 0.0736. The van der Waals surface area contributed by atoms with Gasteiger partial charge in [-0.1, -0.05) is 0 Å². The van der Waals surface area contributed by atoms with Crippen LogP contribution in [0.1, 0.15) is 38.0 Å². The van der Waals surface area contributed by atoms with Crippen molar-refractivity contribution in [1.29, 1.82) is 0 Å². The van der Waals surface area contributed by atoms with Gasteiger partial charge in [0.2, 0.25) is 0 Å². The van der Waals surface area contributed by atoms with E-state index in [1.807, 2.05) is 0 Å². The van der Waals surface area contributed by atoms with Crippen molar-refractivity contribution in [1.82, 2.24) is 15.8 Å². The Labute approximate surface area is 147 Å². The number of esters is 1. The number of hydrogen-bond acceptors (Lipinski definition) is 7. The molecule has 26 heavy (non-hydrogen) atoms. The Morgan fingerprint density at radius 2 is 1.77 bits per heavy atom. The van der Waals surface area contributed by atoms with Crippen LogP contribution in [0.4, 0.5) is 5.69 Å². The van der Waals surface area contributed by atoms with Crippen LogP contribution in [0.15, 0.2) is 42.7 Å². The molecule has 0 saturated carbocycles. The summed E-state index contributed by atoms with van der Waals surface area (Å²) < 4.78 is 4.78. The van der Waals surface area contributed by atoms with Crippen LogP contribution in [0.2, 0.25) is 0 Å². The van der Waals surface area contributed by atoms with Gasteiger partial charge < -0.3 is 4.74 Å². The highest BCUT2D eigenvalue weighted by molar-refractivity contribution is 6.01. The summed E-state index contributed by atoms with van der Waals surface area (Å²) in [6.45, 7) is 1.65. The van der Waals surface area contributed by atoms with Gasteiger partial charge in [0, 0.05) is 30.1 Å². The molecular formula is C16H14N4O6. The molecule has 2 amide bonds. The number of nitrogens with zero attached hydrogens (tertiary/aromatic N) is 2. The molecule has 0 saturated heterocycles. The Morgan fingerprint density at radius 1 is 1.12 bits per heavy atom. The van der Waals surface area contributed by atoms with Crippen molar-refractivity contribution in [3.63, 3.8) is 0 Å². The monoisotopic (exact) mass is 358 g/mol. The summed E-state index contributed by atoms with van der Waals surface area (Å²) in [5, 5.41) is 11.0. The Bertz CT molecular complexity index is 853. The zero-order valence-corrected chi connectivity index (χ0v) is 13.6. The molecular weight excluding hydrogens is 344 g/mol. The van der Waals surface area contributed by atoms with Gasteiger partial charge in [-0.2, -0.15) is 0 Å². The Balaban J connectivity index is 2.18. The van der Waals surface area contributed by atoms with Gasteiger partial charge in [-0.05, 0) is 25.1 Å². The van der Waals surface area contributed by atoms with E-state index in [2.05, 4.69) is 15.8 Å². The van der Waals surface area contributed by atoms with E-state index in [9.17, 15) is 24.5 Å². The second-order valence-corrected chi connectivity index (χ2v) is 4.90. The molecule has 0 unspecified atom stereocenters. The van der Waals surface area contributed by atoms with E-state index in [4.69, 9.17) is 4.74 Å². The second-order valence-electron chi connectivity index (χ2n) is 4.90. The third-order valence-corrected chi connectivity index (χ3v) is 3.12. The summed E-state index contributed by atoms with van der Waals surface area (Å²) in [7, 11) is 0. The van der Waals surface area contributed by atoms with Gasteiger partial charge in [0.15, 0.2) is 0 Å². The van der Waals surface area contributed by atoms with Crippen LogP contribution in [-0.4, -0.2) is 34.3 Å². The van der Waals surface area contributed by atoms with Crippen LogP contribution in [-0.2, 0) is 4.74 Å². The van der Waals surface area contributed by atoms with Crippen molar-refractivity contribution in [2.75, 3.05) is 6.61 Å². The molecule has 2 aromatic rings. The van der Waals surface area contributed by atoms with E-state index >= 15 is 0 Å². The normalized spacial score (nSPS) is 9.88. The number of non-ortho nitro benzene ring substituents is 1. The number of hydrogen-bond donors (Lipinski definition) is 2. The summed E-state index contributed by atoms with van der Waals surface area (Å²) in [6.07, 6.45) is 2.78. The van der Waals surface area contributed by atoms with Crippen molar-refractivity contribution in [2.24, 2.45) is 0 Å². The van der Waals surface area contributed by atoms with E-state index in [0.29, 0.717) is 0 Å². The van der Waals surface area contributed by atoms with Crippen LogP contribution in [0.25, 0.3) is 0 Å². The summed E-state index contributed by atoms with van der Waals surface area (Å²) in [5.74, 6) is -2.26. The van der Waals surface area contributed by atoms with Crippen LogP contribution in [0.5, 0.6) is 0 Å². The zero-order chi connectivity index (χ0) is 19.1. The second kappa shape index (κ2) is 8.33. The van der Waals surface area contributed by atoms with Crippen molar-refractivity contribution in [3.05, 3.63) is 69.5 Å². The number of pyridine rings is 1. The first-order valence-corrected chi connectivity index (χ1v) is 7.39. The van der Waals surface area contributed by atoms with Crippen LogP contribution >= 0.6 is 0 Å². The fourth-order valence-corrected chi connectivity index (χ4v) is 1.93. The van der Waals surface area contributed by atoms with Gasteiger partial charge >= 0.3 is 5.97 Å². The quantitative estimate of drug-likeness (QED) is 0.465. The number of nitro groups is 1. The van der Waals surface area contributed by atoms with E-state index in [1.54, 1.807) is 13.0 Å². The topological polar surface area (TPSA) is 141 Å². The molecule has 0 aliphatic carbocycles. The maximum absolute atomic E-state index is 12.2. The molecule has 0 atom stereocenters. The number of aromatic nitrogens is 1. The molecule has 0 spiro atoms. The van der Waals surface area contributed by atoms with Gasteiger partial charge in [-0.15, -0.1) is 0 Å². The van der Waals surface area contributed by atoms with Gasteiger partial charge in [0.05, 0.1) is 22.7 Å². The number of carbonyl (C=O) groups excluding carboxylic acids is 3. The van der Waals surface area contributed by atoms with Crippen molar-refractivity contribution in [2.45, 2.75) is 6.92 Å². The molecule has 10 heteroatoms. The maximum atomic E-state index is 12.2. The molecule has 10 nitrogen and oxygen atoms in total. The SMILES string of the molecule is CCOC(=O)c1cc(C(=O)NNC(=O)c2cccnc2)cc([N+](=O)[O-])c1. The molecule has 0 aliphatic rings. The number of amides is 2. The number of hydrazine groups is 1. The predicted molar refractivity (Wildman–Crippen MR) is 88.2 cm³/mol. The number of benzene rings is 1. The summed E-state index contributed by atoms with van der Waals surface area (Å²) in [6, 6.07) is 6.15. The van der Waals surface area contributed by atoms with Crippen molar-refractivity contribution in [3.8, 4) is 0 Å². The molecule has 2 N–H and O–H groups in total. The van der Waals surface area contributed by atoms with Gasteiger partial charge in [-0.3, -0.25) is 35.5 Å². The molecule has 1 heterocycles. The minimum Gasteiger partial charge on any atom is -0.462 e. The summed E-state index contributed by atoms with van der Waals surface area (Å²) in [5.41, 5.74) is 3.69. The van der Waals surface area contributed by atoms with Crippen LogP contribution in [0, 0.1) is 10.1 Å². The van der Waals surface area contributed by atoms with Crippen LogP contribution < -0.4 is 10.9 Å². The molecule has 1 aromatic heterocycles. The van der Waals surface area contributed by atoms with E-state index < -0.39 is 28.4 Å². The van der Waals surface area contributed by atoms with Crippen LogP contribution in [0.3, 0.4) is 0 Å². The standard InChI is InChI=1S/C16H14N4O6/c1-2-26-16(23)12-6-11(7-13(8-12)20(24)25)15(22)19-18-14(21)10-4-3-5-17-9-10/h3-9H,2H2,1H3,(H,18,21)(H,19,22). The number of nitro benzene ring substituents is 1. The highest BCUT2D eigenvalue weighted by atomic mass is 16.6. The number of carbonyl (C=O) groups is 3. The average Bonchev–Trinajstić information content (AvgIpc) is 2.66. The molecule has 0 fully saturated rings. The first-order chi connectivity index (χ1) is 12.4. The summed E-state index contributed by atoms with van der Waals surface area (Å²) >= 11 is 0. The van der Waals surface area contributed by atoms with Gasteiger partial charge in [-0.25, -0.2) is 4.79 Å². The Morgan fingerprint density at radius 3 is 2.35 bits per heavy atom. The largest absolute Gasteiger partial charge is 0.462 e. The lowest BCUT2D eigenvalue weighted by molar-refractivity contribution is -0.384. The number of ether oxygens (including phenoxy) is 1. The molecule has 1 aromatic carbocycles. The van der Waals surface area contributed by atoms with Gasteiger partial charge in [0.25, 0.3) is 17.5 Å². The highest BCUT2D eigenvalue weighted by Crippen LogP contribution is 2.18. The molecule has 134 valence electrons. The number of rotatable bonds is 5. The lowest BCUT2D eigenvalue weighted by Gasteiger charge is -2.08. The van der Waals surface area contributed by atoms with E-state index in [1.165, 1.54) is 18.5 Å². The predicted octanol–water partition coefficient (Wildman–Crippen LogP) is 1.24. The third kappa shape index (κ3) is 4.60. The van der Waals surface area contributed by atoms with Crippen molar-refractivity contribution >= 4 is 23.5 Å². The fraction of sp³-hybridized carbons (Fsp3) is 0.125. The Hall–Kier alpha value is -3.82. The van der Waals surface area contributed by atoms with Gasteiger partial charge in [0.1, 0.15) is 0 Å². The molecule has 0 bridgehead atoms. The highest BCUT2D eigenvalue weighted by Gasteiger charge is 2.19. The molecule has 2 rings (SSSR count). The lowest BCUT2D eigenvalue weighted by atomic mass is 10.1. The average molecular weight is 358 g/mol. The summed E-state index contributed by atoms with van der Waals surface area (Å²) in [4.78, 5) is 49.9. The lowest BCUT2D eigenvalue weighted by Crippen LogP contribution is -2.41. The maximum Gasteiger partial charge on any atom is 0.338 e. The molecule has 0 aliphatic heterocycles. The smallest absolute Gasteiger partial charge is 0.338 e. The van der Waals surface area contributed by atoms with Crippen molar-refractivity contribution < 1.29 is 24.0 Å². The van der Waals surface area contributed by atoms with E-state index in [0.717, 1.165) is 18.2 Å². The first kappa shape index (κ1) is 18.5. The van der Waals surface area contributed by atoms with E-state index in [-0.39, 0.29) is 23.3 Å². The number of nitrogens with one attached hydrogen (secondary N) is 2. The minimum atomic E-state index is -0.837. The third-order valence-electron chi connectivity index (χ3n) is 3.12. The first-order valence-electron chi connectivity index (χ1n) is 7.39. The Kier molecular flexibility index (Phi) is 5.93.